The Kier molecular flexibility index (Phi) is 4.75. The standard InChI is InChI=1S/C14H24N4O2/c1-4-9(2)12(15)14(19)18-7-5-11(6-8-18)13-16-10(3)17-20-13/h9,11-12H,4-8,15H2,1-3H3. The van der Waals surface area contributed by atoms with Crippen LogP contribution in [-0.2, 0) is 4.79 Å². The van der Waals surface area contributed by atoms with E-state index in [0.717, 1.165) is 32.4 Å². The zero-order valence-electron chi connectivity index (χ0n) is 12.5. The lowest BCUT2D eigenvalue weighted by molar-refractivity contribution is -0.134. The van der Waals surface area contributed by atoms with Crippen LogP contribution in [0, 0.1) is 12.8 Å². The summed E-state index contributed by atoms with van der Waals surface area (Å²) < 4.78 is 5.21. The lowest BCUT2D eigenvalue weighted by Gasteiger charge is -2.33. The van der Waals surface area contributed by atoms with Crippen molar-refractivity contribution in [2.24, 2.45) is 11.7 Å². The van der Waals surface area contributed by atoms with E-state index >= 15 is 0 Å². The molecule has 0 aromatic carbocycles. The molecular formula is C14H24N4O2. The van der Waals surface area contributed by atoms with E-state index in [9.17, 15) is 4.79 Å². The Balaban J connectivity index is 1.89. The van der Waals surface area contributed by atoms with Crippen molar-refractivity contribution in [1.29, 1.82) is 0 Å². The number of rotatable bonds is 4. The van der Waals surface area contributed by atoms with E-state index in [1.807, 2.05) is 18.7 Å². The highest BCUT2D eigenvalue weighted by Gasteiger charge is 2.30. The van der Waals surface area contributed by atoms with Gasteiger partial charge in [0, 0.05) is 19.0 Å². The van der Waals surface area contributed by atoms with Crippen molar-refractivity contribution >= 4 is 5.91 Å². The molecule has 1 aliphatic heterocycles. The van der Waals surface area contributed by atoms with Crippen LogP contribution in [0.3, 0.4) is 0 Å². The maximum atomic E-state index is 12.3. The molecule has 2 N–H and O–H groups in total. The van der Waals surface area contributed by atoms with Crippen molar-refractivity contribution in [3.63, 3.8) is 0 Å². The quantitative estimate of drug-likeness (QED) is 0.902. The van der Waals surface area contributed by atoms with Crippen molar-refractivity contribution < 1.29 is 9.32 Å². The number of aromatic nitrogens is 2. The van der Waals surface area contributed by atoms with Crippen LogP contribution in [-0.4, -0.2) is 40.1 Å². The van der Waals surface area contributed by atoms with Crippen LogP contribution in [0.5, 0.6) is 0 Å². The van der Waals surface area contributed by atoms with Gasteiger partial charge in [0.15, 0.2) is 5.82 Å². The molecule has 0 bridgehead atoms. The lowest BCUT2D eigenvalue weighted by atomic mass is 9.94. The molecule has 2 unspecified atom stereocenters. The number of carbonyl (C=O) groups is 1. The smallest absolute Gasteiger partial charge is 0.239 e. The maximum absolute atomic E-state index is 12.3. The van der Waals surface area contributed by atoms with Crippen molar-refractivity contribution in [3.05, 3.63) is 11.7 Å². The van der Waals surface area contributed by atoms with Crippen molar-refractivity contribution in [2.75, 3.05) is 13.1 Å². The van der Waals surface area contributed by atoms with Crippen molar-refractivity contribution in [1.82, 2.24) is 15.0 Å². The minimum Gasteiger partial charge on any atom is -0.341 e. The molecule has 2 rings (SSSR count). The molecular weight excluding hydrogens is 256 g/mol. The van der Waals surface area contributed by atoms with Crippen LogP contribution in [0.2, 0.25) is 0 Å². The average molecular weight is 280 g/mol. The highest BCUT2D eigenvalue weighted by molar-refractivity contribution is 5.82. The number of likely N-dealkylation sites (tertiary alicyclic amines) is 1. The summed E-state index contributed by atoms with van der Waals surface area (Å²) in [5, 5.41) is 3.82. The minimum absolute atomic E-state index is 0.0690. The van der Waals surface area contributed by atoms with Crippen molar-refractivity contribution in [3.8, 4) is 0 Å². The summed E-state index contributed by atoms with van der Waals surface area (Å²) in [6.07, 6.45) is 2.64. The Morgan fingerprint density at radius 3 is 2.65 bits per heavy atom. The molecule has 6 nitrogen and oxygen atoms in total. The summed E-state index contributed by atoms with van der Waals surface area (Å²) in [6.45, 7) is 7.33. The van der Waals surface area contributed by atoms with E-state index in [-0.39, 0.29) is 23.8 Å². The largest absolute Gasteiger partial charge is 0.341 e. The van der Waals surface area contributed by atoms with E-state index in [1.165, 1.54) is 0 Å². The fraction of sp³-hybridized carbons (Fsp3) is 0.786. The summed E-state index contributed by atoms with van der Waals surface area (Å²) in [5.74, 6) is 1.91. The van der Waals surface area contributed by atoms with Gasteiger partial charge in [0.2, 0.25) is 11.8 Å². The highest BCUT2D eigenvalue weighted by Crippen LogP contribution is 2.27. The number of aryl methyl sites for hydroxylation is 1. The molecule has 1 aromatic rings. The minimum atomic E-state index is -0.387. The van der Waals surface area contributed by atoms with Crippen LogP contribution in [0.25, 0.3) is 0 Å². The molecule has 20 heavy (non-hydrogen) atoms. The Hall–Kier alpha value is -1.43. The van der Waals surface area contributed by atoms with Gasteiger partial charge in [0.1, 0.15) is 0 Å². The van der Waals surface area contributed by atoms with Crippen LogP contribution >= 0.6 is 0 Å². The SMILES string of the molecule is CCC(C)C(N)C(=O)N1CCC(c2nc(C)no2)CC1. The van der Waals surface area contributed by atoms with Crippen LogP contribution in [0.4, 0.5) is 0 Å². The number of hydrogen-bond donors (Lipinski definition) is 1. The van der Waals surface area contributed by atoms with Gasteiger partial charge < -0.3 is 15.2 Å². The second kappa shape index (κ2) is 6.35. The van der Waals surface area contributed by atoms with Gasteiger partial charge in [-0.1, -0.05) is 25.4 Å². The molecule has 0 aliphatic carbocycles. The number of hydrogen-bond acceptors (Lipinski definition) is 5. The van der Waals surface area contributed by atoms with E-state index in [4.69, 9.17) is 10.3 Å². The molecule has 1 fully saturated rings. The third-order valence-corrected chi connectivity index (χ3v) is 4.24. The predicted molar refractivity (Wildman–Crippen MR) is 75.0 cm³/mol. The van der Waals surface area contributed by atoms with E-state index < -0.39 is 0 Å². The van der Waals surface area contributed by atoms with Gasteiger partial charge in [-0.3, -0.25) is 4.79 Å². The molecule has 112 valence electrons. The van der Waals surface area contributed by atoms with Crippen LogP contribution in [0.1, 0.15) is 50.7 Å². The summed E-state index contributed by atoms with van der Waals surface area (Å²) in [4.78, 5) is 18.4. The predicted octanol–water partition coefficient (Wildman–Crippen LogP) is 1.46. The van der Waals surface area contributed by atoms with Gasteiger partial charge >= 0.3 is 0 Å². The van der Waals surface area contributed by atoms with Crippen molar-refractivity contribution in [2.45, 2.75) is 52.0 Å². The lowest BCUT2D eigenvalue weighted by Crippen LogP contribution is -2.49. The molecule has 2 atom stereocenters. The third-order valence-electron chi connectivity index (χ3n) is 4.24. The molecule has 0 radical (unpaired) electrons. The van der Waals surface area contributed by atoms with Crippen LogP contribution in [0.15, 0.2) is 4.52 Å². The molecule has 1 aromatic heterocycles. The topological polar surface area (TPSA) is 85.3 Å². The number of carbonyl (C=O) groups excluding carboxylic acids is 1. The zero-order chi connectivity index (χ0) is 14.7. The summed E-state index contributed by atoms with van der Waals surface area (Å²) in [7, 11) is 0. The second-order valence-corrected chi connectivity index (χ2v) is 5.69. The number of nitrogens with two attached hydrogens (primary N) is 1. The molecule has 1 aliphatic rings. The first-order valence-corrected chi connectivity index (χ1v) is 7.37. The van der Waals surface area contributed by atoms with Gasteiger partial charge in [-0.25, -0.2) is 0 Å². The normalized spacial score (nSPS) is 19.9. The van der Waals surface area contributed by atoms with E-state index in [2.05, 4.69) is 17.1 Å². The van der Waals surface area contributed by atoms with E-state index in [1.54, 1.807) is 0 Å². The zero-order valence-corrected chi connectivity index (χ0v) is 12.5. The number of amides is 1. The van der Waals surface area contributed by atoms with Gasteiger partial charge in [-0.05, 0) is 25.7 Å². The molecule has 0 saturated carbocycles. The molecule has 0 spiro atoms. The van der Waals surface area contributed by atoms with Gasteiger partial charge in [-0.2, -0.15) is 4.98 Å². The first kappa shape index (κ1) is 15.0. The number of nitrogens with zero attached hydrogens (tertiary/aromatic N) is 3. The molecule has 1 amide bonds. The summed E-state index contributed by atoms with van der Waals surface area (Å²) >= 11 is 0. The van der Waals surface area contributed by atoms with E-state index in [0.29, 0.717) is 11.7 Å². The fourth-order valence-corrected chi connectivity index (χ4v) is 2.53. The van der Waals surface area contributed by atoms with Crippen LogP contribution < -0.4 is 5.73 Å². The second-order valence-electron chi connectivity index (χ2n) is 5.69. The highest BCUT2D eigenvalue weighted by atomic mass is 16.5. The summed E-state index contributed by atoms with van der Waals surface area (Å²) in [5.41, 5.74) is 6.02. The maximum Gasteiger partial charge on any atom is 0.239 e. The Morgan fingerprint density at radius 1 is 1.50 bits per heavy atom. The fourth-order valence-electron chi connectivity index (χ4n) is 2.53. The number of piperidine rings is 1. The Labute approximate surface area is 119 Å². The average Bonchev–Trinajstić information content (AvgIpc) is 2.91. The monoisotopic (exact) mass is 280 g/mol. The molecule has 6 heteroatoms. The Morgan fingerprint density at radius 2 is 2.15 bits per heavy atom. The first-order chi connectivity index (χ1) is 9.52. The summed E-state index contributed by atoms with van der Waals surface area (Å²) in [6, 6.07) is -0.387. The molecule has 2 heterocycles. The Bertz CT molecular complexity index is 452. The third kappa shape index (κ3) is 3.17. The van der Waals surface area contributed by atoms with Gasteiger partial charge in [-0.15, -0.1) is 0 Å². The van der Waals surface area contributed by atoms with Gasteiger partial charge in [0.25, 0.3) is 0 Å². The first-order valence-electron chi connectivity index (χ1n) is 7.37. The molecule has 1 saturated heterocycles. The van der Waals surface area contributed by atoms with Gasteiger partial charge in [0.05, 0.1) is 6.04 Å².